The molecule has 5 heteroatoms. The standard InChI is InChI=1S/C12H9BrClNOS/c1-7-6-17-12(11(7)14)10(16)4-9-3-2-8(13)5-15-9/h2-3,5-6H,4H2,1H3. The van der Waals surface area contributed by atoms with Gasteiger partial charge in [0.15, 0.2) is 5.78 Å². The third-order valence-corrected chi connectivity index (χ3v) is 4.49. The Kier molecular flexibility index (Phi) is 3.97. The first-order valence-electron chi connectivity index (χ1n) is 4.95. The first kappa shape index (κ1) is 12.7. The van der Waals surface area contributed by atoms with E-state index < -0.39 is 0 Å². The second-order valence-electron chi connectivity index (χ2n) is 3.63. The van der Waals surface area contributed by atoms with E-state index in [0.29, 0.717) is 9.90 Å². The Labute approximate surface area is 117 Å². The van der Waals surface area contributed by atoms with Crippen molar-refractivity contribution in [2.75, 3.05) is 0 Å². The quantitative estimate of drug-likeness (QED) is 0.786. The molecule has 0 amide bonds. The lowest BCUT2D eigenvalue weighted by Crippen LogP contribution is -2.03. The highest BCUT2D eigenvalue weighted by Gasteiger charge is 2.15. The maximum absolute atomic E-state index is 12.0. The smallest absolute Gasteiger partial charge is 0.180 e. The number of hydrogen-bond donors (Lipinski definition) is 0. The third kappa shape index (κ3) is 2.94. The fraction of sp³-hybridized carbons (Fsp3) is 0.167. The lowest BCUT2D eigenvalue weighted by Gasteiger charge is -1.99. The molecular weight excluding hydrogens is 322 g/mol. The molecule has 2 heterocycles. The van der Waals surface area contributed by atoms with Crippen molar-refractivity contribution >= 4 is 44.7 Å². The normalized spacial score (nSPS) is 10.5. The molecule has 0 aliphatic heterocycles. The average Bonchev–Trinajstić information content (AvgIpc) is 2.63. The Morgan fingerprint density at radius 2 is 2.29 bits per heavy atom. The van der Waals surface area contributed by atoms with Crippen molar-refractivity contribution < 1.29 is 4.79 Å². The minimum absolute atomic E-state index is 0.0166. The second kappa shape index (κ2) is 5.29. The van der Waals surface area contributed by atoms with Crippen molar-refractivity contribution in [1.29, 1.82) is 0 Å². The van der Waals surface area contributed by atoms with E-state index in [-0.39, 0.29) is 12.2 Å². The Morgan fingerprint density at radius 1 is 1.53 bits per heavy atom. The van der Waals surface area contributed by atoms with Crippen molar-refractivity contribution in [1.82, 2.24) is 4.98 Å². The van der Waals surface area contributed by atoms with E-state index in [1.807, 2.05) is 24.4 Å². The van der Waals surface area contributed by atoms with Crippen LogP contribution in [0.4, 0.5) is 0 Å². The van der Waals surface area contributed by atoms with E-state index in [1.54, 1.807) is 6.20 Å². The van der Waals surface area contributed by atoms with Crippen LogP contribution in [0, 0.1) is 6.92 Å². The van der Waals surface area contributed by atoms with Crippen molar-refractivity contribution in [2.24, 2.45) is 0 Å². The van der Waals surface area contributed by atoms with E-state index in [9.17, 15) is 4.79 Å². The lowest BCUT2D eigenvalue weighted by molar-refractivity contribution is 0.0996. The van der Waals surface area contributed by atoms with Gasteiger partial charge in [0.2, 0.25) is 0 Å². The highest BCUT2D eigenvalue weighted by Crippen LogP contribution is 2.28. The molecule has 17 heavy (non-hydrogen) atoms. The summed E-state index contributed by atoms with van der Waals surface area (Å²) in [5, 5.41) is 2.46. The molecule has 0 saturated carbocycles. The van der Waals surface area contributed by atoms with E-state index in [4.69, 9.17) is 11.6 Å². The molecule has 88 valence electrons. The first-order valence-corrected chi connectivity index (χ1v) is 7.00. The number of halogens is 2. The fourth-order valence-corrected chi connectivity index (χ4v) is 2.85. The fourth-order valence-electron chi connectivity index (χ4n) is 1.37. The van der Waals surface area contributed by atoms with Gasteiger partial charge in [-0.2, -0.15) is 0 Å². The van der Waals surface area contributed by atoms with Gasteiger partial charge in [-0.05, 0) is 45.9 Å². The second-order valence-corrected chi connectivity index (χ2v) is 5.80. The summed E-state index contributed by atoms with van der Waals surface area (Å²) in [7, 11) is 0. The molecule has 0 aliphatic rings. The van der Waals surface area contributed by atoms with Crippen LogP contribution in [0.3, 0.4) is 0 Å². The van der Waals surface area contributed by atoms with Gasteiger partial charge in [0.1, 0.15) is 0 Å². The molecule has 0 unspecified atom stereocenters. The number of nitrogens with zero attached hydrogens (tertiary/aromatic N) is 1. The van der Waals surface area contributed by atoms with Crippen molar-refractivity contribution in [3.63, 3.8) is 0 Å². The number of rotatable bonds is 3. The largest absolute Gasteiger partial charge is 0.293 e. The number of pyridine rings is 1. The number of aryl methyl sites for hydroxylation is 1. The molecule has 2 rings (SSSR count). The van der Waals surface area contributed by atoms with Gasteiger partial charge in [-0.15, -0.1) is 11.3 Å². The average molecular weight is 331 g/mol. The summed E-state index contributed by atoms with van der Waals surface area (Å²) >= 11 is 10.7. The summed E-state index contributed by atoms with van der Waals surface area (Å²) < 4.78 is 0.902. The van der Waals surface area contributed by atoms with E-state index in [2.05, 4.69) is 20.9 Å². The van der Waals surface area contributed by atoms with Gasteiger partial charge in [0.05, 0.1) is 16.3 Å². The molecule has 2 aromatic rings. The zero-order valence-corrected chi connectivity index (χ0v) is 12.2. The number of hydrogen-bond acceptors (Lipinski definition) is 3. The van der Waals surface area contributed by atoms with Crippen LogP contribution in [0.25, 0.3) is 0 Å². The minimum Gasteiger partial charge on any atom is -0.293 e. The van der Waals surface area contributed by atoms with Crippen LogP contribution in [-0.4, -0.2) is 10.8 Å². The number of Topliss-reactive ketones (excluding diaryl/α,β-unsaturated/α-hetero) is 1. The predicted molar refractivity (Wildman–Crippen MR) is 74.0 cm³/mol. The Balaban J connectivity index is 2.17. The first-order chi connectivity index (χ1) is 8.08. The van der Waals surface area contributed by atoms with E-state index >= 15 is 0 Å². The predicted octanol–water partition coefficient (Wildman–Crippen LogP) is 4.29. The number of carbonyl (C=O) groups excluding carboxylic acids is 1. The zero-order chi connectivity index (χ0) is 12.4. The van der Waals surface area contributed by atoms with Crippen molar-refractivity contribution in [2.45, 2.75) is 13.3 Å². The van der Waals surface area contributed by atoms with Crippen LogP contribution in [0.2, 0.25) is 5.02 Å². The van der Waals surface area contributed by atoms with Crippen LogP contribution in [0.5, 0.6) is 0 Å². The van der Waals surface area contributed by atoms with Gasteiger partial charge in [-0.25, -0.2) is 0 Å². The highest BCUT2D eigenvalue weighted by atomic mass is 79.9. The molecule has 0 aromatic carbocycles. The van der Waals surface area contributed by atoms with Gasteiger partial charge < -0.3 is 0 Å². The van der Waals surface area contributed by atoms with Crippen LogP contribution < -0.4 is 0 Å². The number of ketones is 1. The van der Waals surface area contributed by atoms with Crippen molar-refractivity contribution in [3.8, 4) is 0 Å². The monoisotopic (exact) mass is 329 g/mol. The zero-order valence-electron chi connectivity index (χ0n) is 9.04. The Hall–Kier alpha value is -0.710. The van der Waals surface area contributed by atoms with Gasteiger partial charge in [-0.3, -0.25) is 9.78 Å². The highest BCUT2D eigenvalue weighted by molar-refractivity contribution is 9.10. The molecule has 2 aromatic heterocycles. The topological polar surface area (TPSA) is 30.0 Å². The van der Waals surface area contributed by atoms with Gasteiger partial charge in [0, 0.05) is 16.4 Å². The van der Waals surface area contributed by atoms with E-state index in [0.717, 1.165) is 15.7 Å². The maximum Gasteiger partial charge on any atom is 0.180 e. The molecule has 0 saturated heterocycles. The Bertz CT molecular complexity index is 550. The summed E-state index contributed by atoms with van der Waals surface area (Å²) in [6.45, 7) is 1.90. The summed E-state index contributed by atoms with van der Waals surface area (Å²) in [6, 6.07) is 3.70. The van der Waals surface area contributed by atoms with Crippen LogP contribution in [0.15, 0.2) is 28.2 Å². The molecule has 0 aliphatic carbocycles. The van der Waals surface area contributed by atoms with Crippen LogP contribution in [-0.2, 0) is 6.42 Å². The molecule has 0 atom stereocenters. The van der Waals surface area contributed by atoms with Crippen molar-refractivity contribution in [3.05, 3.63) is 49.3 Å². The van der Waals surface area contributed by atoms with Crippen LogP contribution >= 0.6 is 38.9 Å². The molecule has 0 radical (unpaired) electrons. The molecule has 0 bridgehead atoms. The SMILES string of the molecule is Cc1csc(C(=O)Cc2ccc(Br)cn2)c1Cl. The summed E-state index contributed by atoms with van der Waals surface area (Å²) in [4.78, 5) is 16.8. The summed E-state index contributed by atoms with van der Waals surface area (Å²) in [5.41, 5.74) is 1.70. The molecule has 0 fully saturated rings. The maximum atomic E-state index is 12.0. The third-order valence-electron chi connectivity index (χ3n) is 2.28. The molecule has 0 spiro atoms. The minimum atomic E-state index is 0.0166. The summed E-state index contributed by atoms with van der Waals surface area (Å²) in [6.07, 6.45) is 1.97. The molecular formula is C12H9BrClNOS. The molecule has 0 N–H and O–H groups in total. The van der Waals surface area contributed by atoms with Gasteiger partial charge >= 0.3 is 0 Å². The lowest BCUT2D eigenvalue weighted by atomic mass is 10.1. The number of carbonyl (C=O) groups is 1. The van der Waals surface area contributed by atoms with Gasteiger partial charge in [0.25, 0.3) is 0 Å². The van der Waals surface area contributed by atoms with E-state index in [1.165, 1.54) is 11.3 Å². The Morgan fingerprint density at radius 3 is 2.82 bits per heavy atom. The van der Waals surface area contributed by atoms with Gasteiger partial charge in [-0.1, -0.05) is 11.6 Å². The number of aromatic nitrogens is 1. The van der Waals surface area contributed by atoms with Crippen LogP contribution in [0.1, 0.15) is 20.9 Å². The summed E-state index contributed by atoms with van der Waals surface area (Å²) in [5.74, 6) is 0.0166. The number of thiophene rings is 1. The molecule has 2 nitrogen and oxygen atoms in total.